The Hall–Kier alpha value is -3.40. The normalized spacial score (nSPS) is 10.4. The number of benzene rings is 3. The van der Waals surface area contributed by atoms with Gasteiger partial charge in [0, 0.05) is 11.1 Å². The Morgan fingerprint density at radius 1 is 0.643 bits per heavy atom. The van der Waals surface area contributed by atoms with Crippen molar-refractivity contribution in [3.63, 3.8) is 0 Å². The molecule has 0 atom stereocenters. The Morgan fingerprint density at radius 2 is 1.04 bits per heavy atom. The van der Waals surface area contributed by atoms with Gasteiger partial charge in [-0.2, -0.15) is 0 Å². The molecule has 0 aliphatic heterocycles. The zero-order chi connectivity index (χ0) is 19.9. The molecule has 0 amide bonds. The number of carbonyl (C=O) groups excluding carboxylic acids is 2. The molecule has 0 aliphatic rings. The minimum absolute atomic E-state index is 0.577. The largest absolute Gasteiger partial charge is 0.493 e. The number of rotatable bonds is 8. The van der Waals surface area contributed by atoms with Crippen LogP contribution in [0.3, 0.4) is 0 Å². The van der Waals surface area contributed by atoms with E-state index in [0.717, 1.165) is 34.8 Å². The molecule has 142 valence electrons. The van der Waals surface area contributed by atoms with Gasteiger partial charge in [0.1, 0.15) is 12.6 Å². The SMILES string of the molecule is COc1cc(Cc2ccccc2C=O)c(Cc2ccccc2C=O)cc1OC. The molecule has 0 aliphatic carbocycles. The van der Waals surface area contributed by atoms with Crippen molar-refractivity contribution in [2.45, 2.75) is 12.8 Å². The molecule has 3 aromatic rings. The van der Waals surface area contributed by atoms with E-state index in [4.69, 9.17) is 9.47 Å². The van der Waals surface area contributed by atoms with E-state index in [2.05, 4.69) is 0 Å². The highest BCUT2D eigenvalue weighted by molar-refractivity contribution is 5.78. The number of carbonyl (C=O) groups is 2. The van der Waals surface area contributed by atoms with Gasteiger partial charge >= 0.3 is 0 Å². The zero-order valence-electron chi connectivity index (χ0n) is 16.0. The van der Waals surface area contributed by atoms with Gasteiger partial charge in [0.25, 0.3) is 0 Å². The minimum Gasteiger partial charge on any atom is -0.493 e. The average molecular weight is 374 g/mol. The third kappa shape index (κ3) is 4.12. The summed E-state index contributed by atoms with van der Waals surface area (Å²) in [6.07, 6.45) is 2.90. The van der Waals surface area contributed by atoms with Crippen LogP contribution in [0.5, 0.6) is 11.5 Å². The van der Waals surface area contributed by atoms with Gasteiger partial charge in [-0.3, -0.25) is 9.59 Å². The zero-order valence-corrected chi connectivity index (χ0v) is 16.0. The maximum atomic E-state index is 11.4. The Balaban J connectivity index is 2.09. The molecule has 0 saturated carbocycles. The van der Waals surface area contributed by atoms with E-state index in [1.165, 1.54) is 0 Å². The van der Waals surface area contributed by atoms with Crippen LogP contribution in [-0.2, 0) is 12.8 Å². The molecule has 28 heavy (non-hydrogen) atoms. The quantitative estimate of drug-likeness (QED) is 0.545. The smallest absolute Gasteiger partial charge is 0.161 e. The molecule has 0 bridgehead atoms. The summed E-state index contributed by atoms with van der Waals surface area (Å²) >= 11 is 0. The molecule has 4 nitrogen and oxygen atoms in total. The van der Waals surface area contributed by atoms with Crippen molar-refractivity contribution in [3.05, 3.63) is 94.0 Å². The fraction of sp³-hybridized carbons (Fsp3) is 0.167. The molecule has 0 fully saturated rings. The molecule has 0 saturated heterocycles. The van der Waals surface area contributed by atoms with E-state index >= 15 is 0 Å². The van der Waals surface area contributed by atoms with E-state index < -0.39 is 0 Å². The van der Waals surface area contributed by atoms with Crippen LogP contribution in [0, 0.1) is 0 Å². The summed E-state index contributed by atoms with van der Waals surface area (Å²) in [6.45, 7) is 0. The minimum atomic E-state index is 0.577. The van der Waals surface area contributed by atoms with Gasteiger partial charge in [0.15, 0.2) is 11.5 Å². The molecule has 3 aromatic carbocycles. The second-order valence-corrected chi connectivity index (χ2v) is 6.46. The van der Waals surface area contributed by atoms with Gasteiger partial charge in [-0.25, -0.2) is 0 Å². The van der Waals surface area contributed by atoms with Gasteiger partial charge in [-0.1, -0.05) is 48.5 Å². The highest BCUT2D eigenvalue weighted by Gasteiger charge is 2.14. The first-order valence-electron chi connectivity index (χ1n) is 9.00. The van der Waals surface area contributed by atoms with E-state index in [1.807, 2.05) is 60.7 Å². The topological polar surface area (TPSA) is 52.6 Å². The molecule has 4 heteroatoms. The molecule has 0 N–H and O–H groups in total. The van der Waals surface area contributed by atoms with Crippen LogP contribution in [0.1, 0.15) is 43.0 Å². The van der Waals surface area contributed by atoms with Gasteiger partial charge in [0.2, 0.25) is 0 Å². The lowest BCUT2D eigenvalue weighted by molar-refractivity contribution is 0.111. The first kappa shape index (κ1) is 19.4. The van der Waals surface area contributed by atoms with Gasteiger partial charge in [0.05, 0.1) is 14.2 Å². The second-order valence-electron chi connectivity index (χ2n) is 6.46. The van der Waals surface area contributed by atoms with E-state index in [1.54, 1.807) is 14.2 Å². The third-order valence-corrected chi connectivity index (χ3v) is 4.83. The van der Waals surface area contributed by atoms with Crippen LogP contribution >= 0.6 is 0 Å². The highest BCUT2D eigenvalue weighted by Crippen LogP contribution is 2.33. The third-order valence-electron chi connectivity index (χ3n) is 4.83. The highest BCUT2D eigenvalue weighted by atomic mass is 16.5. The van der Waals surface area contributed by atoms with Crippen LogP contribution in [0.4, 0.5) is 0 Å². The van der Waals surface area contributed by atoms with Crippen molar-refractivity contribution in [1.82, 2.24) is 0 Å². The number of hydrogen-bond acceptors (Lipinski definition) is 4. The summed E-state index contributed by atoms with van der Waals surface area (Å²) in [4.78, 5) is 22.8. The fourth-order valence-corrected chi connectivity index (χ4v) is 3.32. The van der Waals surface area contributed by atoms with Crippen molar-refractivity contribution in [2.75, 3.05) is 14.2 Å². The lowest BCUT2D eigenvalue weighted by Gasteiger charge is -2.16. The Bertz CT molecular complexity index is 911. The Morgan fingerprint density at radius 3 is 1.39 bits per heavy atom. The molecule has 0 spiro atoms. The summed E-state index contributed by atoms with van der Waals surface area (Å²) in [5.74, 6) is 1.27. The lowest BCUT2D eigenvalue weighted by Crippen LogP contribution is -2.03. The van der Waals surface area contributed by atoms with Crippen molar-refractivity contribution >= 4 is 12.6 Å². The standard InChI is InChI=1S/C24H22O4/c1-27-23-13-21(11-17-7-3-5-9-19(17)15-25)22(14-24(23)28-2)12-18-8-4-6-10-20(18)16-26/h3-10,13-16H,11-12H2,1-2H3. The predicted molar refractivity (Wildman–Crippen MR) is 109 cm³/mol. The molecule has 0 aromatic heterocycles. The van der Waals surface area contributed by atoms with Crippen molar-refractivity contribution < 1.29 is 19.1 Å². The maximum absolute atomic E-state index is 11.4. The van der Waals surface area contributed by atoms with Gasteiger partial charge in [-0.05, 0) is 47.2 Å². The van der Waals surface area contributed by atoms with E-state index in [0.29, 0.717) is 35.5 Å². The van der Waals surface area contributed by atoms with E-state index in [-0.39, 0.29) is 0 Å². The second kappa shape index (κ2) is 9.00. The lowest BCUT2D eigenvalue weighted by atomic mass is 9.91. The first-order valence-corrected chi connectivity index (χ1v) is 9.00. The molecular formula is C24H22O4. The van der Waals surface area contributed by atoms with Crippen molar-refractivity contribution in [3.8, 4) is 11.5 Å². The number of methoxy groups -OCH3 is 2. The van der Waals surface area contributed by atoms with Crippen molar-refractivity contribution in [1.29, 1.82) is 0 Å². The average Bonchev–Trinajstić information content (AvgIpc) is 2.75. The predicted octanol–water partition coefficient (Wildman–Crippen LogP) is 4.51. The summed E-state index contributed by atoms with van der Waals surface area (Å²) in [6, 6.07) is 18.9. The number of aldehydes is 2. The summed E-state index contributed by atoms with van der Waals surface area (Å²) in [5, 5.41) is 0. The Kier molecular flexibility index (Phi) is 6.22. The number of ether oxygens (including phenoxy) is 2. The van der Waals surface area contributed by atoms with Gasteiger partial charge in [-0.15, -0.1) is 0 Å². The molecular weight excluding hydrogens is 352 g/mol. The van der Waals surface area contributed by atoms with E-state index in [9.17, 15) is 9.59 Å². The van der Waals surface area contributed by atoms with Crippen LogP contribution in [0.15, 0.2) is 60.7 Å². The first-order chi connectivity index (χ1) is 13.7. The van der Waals surface area contributed by atoms with Crippen molar-refractivity contribution in [2.24, 2.45) is 0 Å². The van der Waals surface area contributed by atoms with Crippen LogP contribution in [0.2, 0.25) is 0 Å². The fourth-order valence-electron chi connectivity index (χ4n) is 3.32. The summed E-state index contributed by atoms with van der Waals surface area (Å²) in [5.41, 5.74) is 5.25. The number of hydrogen-bond donors (Lipinski definition) is 0. The van der Waals surface area contributed by atoms with Crippen LogP contribution < -0.4 is 9.47 Å². The monoisotopic (exact) mass is 374 g/mol. The van der Waals surface area contributed by atoms with Gasteiger partial charge < -0.3 is 9.47 Å². The summed E-state index contributed by atoms with van der Waals surface area (Å²) < 4.78 is 10.9. The summed E-state index contributed by atoms with van der Waals surface area (Å²) in [7, 11) is 3.20. The molecule has 0 radical (unpaired) electrons. The molecule has 0 heterocycles. The molecule has 0 unspecified atom stereocenters. The molecule has 3 rings (SSSR count). The Labute approximate surface area is 164 Å². The van der Waals surface area contributed by atoms with Crippen LogP contribution in [-0.4, -0.2) is 26.8 Å². The van der Waals surface area contributed by atoms with Crippen LogP contribution in [0.25, 0.3) is 0 Å². The maximum Gasteiger partial charge on any atom is 0.161 e.